The lowest BCUT2D eigenvalue weighted by Crippen LogP contribution is -2.73. The van der Waals surface area contributed by atoms with E-state index in [1.165, 1.54) is 6.92 Å². The average molecular weight is 651 g/mol. The van der Waals surface area contributed by atoms with Crippen LogP contribution in [0.3, 0.4) is 0 Å². The standard InChI is InChI=1S/C40H42O8/c1-19(2)30-33(43)28(22(5)41)35(45)40(48)36(46)31-34(44)29-26(21(4)38(31,6)37(47)39(30,40)7)16-15-25(32(29)42)18-20(3)17-24-13-10-12-23-11-8-9-14-27(23)24/h8-16,19,21,30,37,42-43,46-48H,3,17-18H2,1-2,4-7H3/t21-,30?,37-,38+,39+,40+/m1/s1. The molecule has 0 aliphatic heterocycles. The van der Waals surface area contributed by atoms with Crippen molar-refractivity contribution in [2.24, 2.45) is 22.7 Å². The van der Waals surface area contributed by atoms with Crippen molar-refractivity contribution >= 4 is 28.1 Å². The van der Waals surface area contributed by atoms with E-state index in [1.54, 1.807) is 39.8 Å². The first-order valence-electron chi connectivity index (χ1n) is 16.3. The minimum Gasteiger partial charge on any atom is -0.511 e. The lowest BCUT2D eigenvalue weighted by atomic mass is 9.41. The van der Waals surface area contributed by atoms with Crippen molar-refractivity contribution in [1.29, 1.82) is 0 Å². The maximum atomic E-state index is 14.5. The van der Waals surface area contributed by atoms with Gasteiger partial charge in [0.15, 0.2) is 17.2 Å². The van der Waals surface area contributed by atoms with E-state index in [-0.39, 0.29) is 17.7 Å². The predicted octanol–water partition coefficient (Wildman–Crippen LogP) is 6.37. The minimum absolute atomic E-state index is 0.0924. The van der Waals surface area contributed by atoms with Crippen LogP contribution in [0, 0.1) is 22.7 Å². The van der Waals surface area contributed by atoms with Crippen molar-refractivity contribution in [3.63, 3.8) is 0 Å². The number of phenols is 1. The predicted molar refractivity (Wildman–Crippen MR) is 182 cm³/mol. The molecule has 3 aromatic carbocycles. The van der Waals surface area contributed by atoms with Crippen LogP contribution in [0.15, 0.2) is 89.4 Å². The van der Waals surface area contributed by atoms with Gasteiger partial charge in [-0.3, -0.25) is 14.4 Å². The summed E-state index contributed by atoms with van der Waals surface area (Å²) < 4.78 is 0. The first-order chi connectivity index (χ1) is 22.4. The molecular weight excluding hydrogens is 608 g/mol. The van der Waals surface area contributed by atoms with Gasteiger partial charge in [-0.25, -0.2) is 0 Å². The van der Waals surface area contributed by atoms with E-state index in [1.807, 2.05) is 42.5 Å². The summed E-state index contributed by atoms with van der Waals surface area (Å²) in [6.07, 6.45) is -0.887. The highest BCUT2D eigenvalue weighted by atomic mass is 16.4. The number of carbonyl (C=O) groups excluding carboxylic acids is 3. The van der Waals surface area contributed by atoms with Crippen molar-refractivity contribution in [2.45, 2.75) is 72.0 Å². The van der Waals surface area contributed by atoms with E-state index in [9.17, 15) is 39.9 Å². The highest BCUT2D eigenvalue weighted by Gasteiger charge is 2.76. The van der Waals surface area contributed by atoms with E-state index >= 15 is 0 Å². The molecule has 0 saturated heterocycles. The van der Waals surface area contributed by atoms with Gasteiger partial charge in [-0.15, -0.1) is 0 Å². The Morgan fingerprint density at radius 1 is 0.938 bits per heavy atom. The van der Waals surface area contributed by atoms with E-state index in [4.69, 9.17) is 0 Å². The average Bonchev–Trinajstić information content (AvgIpc) is 3.02. The second-order valence-corrected chi connectivity index (χ2v) is 14.6. The number of aromatic hydroxyl groups is 1. The fourth-order valence-electron chi connectivity index (χ4n) is 9.17. The van der Waals surface area contributed by atoms with E-state index in [0.29, 0.717) is 17.5 Å². The number of benzene rings is 3. The summed E-state index contributed by atoms with van der Waals surface area (Å²) in [6, 6.07) is 17.5. The van der Waals surface area contributed by atoms with Gasteiger partial charge in [-0.2, -0.15) is 0 Å². The van der Waals surface area contributed by atoms with Crippen LogP contribution in [0.25, 0.3) is 10.8 Å². The van der Waals surface area contributed by atoms with Gasteiger partial charge in [0.2, 0.25) is 5.78 Å². The van der Waals surface area contributed by atoms with Crippen molar-refractivity contribution in [3.8, 4) is 5.75 Å². The molecule has 250 valence electrons. The Morgan fingerprint density at radius 2 is 1.56 bits per heavy atom. The van der Waals surface area contributed by atoms with Crippen LogP contribution in [0.5, 0.6) is 5.75 Å². The van der Waals surface area contributed by atoms with Gasteiger partial charge in [-0.05, 0) is 59.1 Å². The van der Waals surface area contributed by atoms with Crippen LogP contribution >= 0.6 is 0 Å². The summed E-state index contributed by atoms with van der Waals surface area (Å²) in [4.78, 5) is 41.2. The number of hydrogen-bond acceptors (Lipinski definition) is 8. The number of allylic oxidation sites excluding steroid dienone is 2. The van der Waals surface area contributed by atoms with Gasteiger partial charge in [0.05, 0.1) is 17.2 Å². The fraction of sp³-hybridized carbons (Fsp3) is 0.375. The molecule has 8 nitrogen and oxygen atoms in total. The van der Waals surface area contributed by atoms with Crippen LogP contribution in [-0.2, 0) is 22.4 Å². The van der Waals surface area contributed by atoms with Crippen LogP contribution in [0.2, 0.25) is 0 Å². The summed E-state index contributed by atoms with van der Waals surface area (Å²) in [7, 11) is 0. The van der Waals surface area contributed by atoms with E-state index in [0.717, 1.165) is 28.8 Å². The number of aliphatic hydroxyl groups excluding tert-OH is 3. The van der Waals surface area contributed by atoms with E-state index in [2.05, 4.69) is 6.58 Å². The van der Waals surface area contributed by atoms with E-state index < -0.39 is 80.3 Å². The maximum Gasteiger partial charge on any atom is 0.209 e. The van der Waals surface area contributed by atoms with Gasteiger partial charge < -0.3 is 25.5 Å². The Morgan fingerprint density at radius 3 is 2.21 bits per heavy atom. The number of Topliss-reactive ketones (excluding diaryl/α,β-unsaturated/α-hetero) is 3. The van der Waals surface area contributed by atoms with Crippen LogP contribution in [-0.4, -0.2) is 54.6 Å². The number of fused-ring (bicyclic) bond motifs is 4. The molecule has 0 aromatic heterocycles. The van der Waals surface area contributed by atoms with Crippen LogP contribution in [0.4, 0.5) is 0 Å². The second kappa shape index (κ2) is 11.0. The number of phenolic OH excluding ortho intramolecular Hbond substituents is 1. The zero-order chi connectivity index (χ0) is 35.2. The summed E-state index contributed by atoms with van der Waals surface area (Å²) in [5, 5.41) is 61.8. The molecule has 48 heavy (non-hydrogen) atoms. The SMILES string of the molecule is C=C(Cc1ccc2c(c1O)C(=O)C1=C(O)[C@@]3(O)C(=O)C(C(C)=O)=C(O)C(C(C)C)[C@@]3(C)[C@H](O)[C@@]1(C)[C@@H]2C)Cc1cccc2ccccc12. The molecule has 0 radical (unpaired) electrons. The second-order valence-electron chi connectivity index (χ2n) is 14.6. The molecule has 3 aliphatic rings. The largest absolute Gasteiger partial charge is 0.511 e. The Bertz CT molecular complexity index is 2010. The normalized spacial score (nSPS) is 30.0. The molecule has 5 N–H and O–H groups in total. The summed E-state index contributed by atoms with van der Waals surface area (Å²) in [6.45, 7) is 13.5. The molecule has 0 saturated carbocycles. The van der Waals surface area contributed by atoms with Crippen LogP contribution < -0.4 is 0 Å². The molecule has 0 fully saturated rings. The van der Waals surface area contributed by atoms with Gasteiger partial charge in [0, 0.05) is 16.7 Å². The summed E-state index contributed by atoms with van der Waals surface area (Å²) in [5.41, 5.74) is -4.88. The fourth-order valence-corrected chi connectivity index (χ4v) is 9.17. The van der Waals surface area contributed by atoms with Crippen molar-refractivity contribution < 1.29 is 39.9 Å². The molecule has 3 aromatic rings. The quantitative estimate of drug-likeness (QED) is 0.152. The number of rotatable bonds is 6. The monoisotopic (exact) mass is 650 g/mol. The molecule has 0 amide bonds. The molecule has 0 heterocycles. The zero-order valence-electron chi connectivity index (χ0n) is 28.1. The number of aliphatic hydroxyl groups is 4. The molecular formula is C40H42O8. The lowest BCUT2D eigenvalue weighted by molar-refractivity contribution is -0.211. The number of carbonyl (C=O) groups is 3. The zero-order valence-corrected chi connectivity index (χ0v) is 28.1. The molecule has 8 heteroatoms. The van der Waals surface area contributed by atoms with Crippen molar-refractivity contribution in [3.05, 3.63) is 112 Å². The third-order valence-corrected chi connectivity index (χ3v) is 11.7. The number of hydrogen-bond donors (Lipinski definition) is 5. The highest BCUT2D eigenvalue weighted by molar-refractivity contribution is 6.25. The highest BCUT2D eigenvalue weighted by Crippen LogP contribution is 2.67. The summed E-state index contributed by atoms with van der Waals surface area (Å²) >= 11 is 0. The molecule has 0 bridgehead atoms. The van der Waals surface area contributed by atoms with Crippen LogP contribution in [0.1, 0.15) is 74.5 Å². The van der Waals surface area contributed by atoms with Crippen molar-refractivity contribution in [2.75, 3.05) is 0 Å². The lowest BCUT2D eigenvalue weighted by Gasteiger charge is -2.63. The Kier molecular flexibility index (Phi) is 7.65. The Hall–Kier alpha value is -4.53. The topological polar surface area (TPSA) is 152 Å². The molecule has 0 spiro atoms. The molecule has 6 atom stereocenters. The smallest absolute Gasteiger partial charge is 0.209 e. The first kappa shape index (κ1) is 33.4. The maximum absolute atomic E-state index is 14.5. The minimum atomic E-state index is -2.92. The Balaban J connectivity index is 1.48. The first-order valence-corrected chi connectivity index (χ1v) is 16.3. The molecule has 1 unspecified atom stereocenters. The van der Waals surface area contributed by atoms with Gasteiger partial charge in [0.1, 0.15) is 22.8 Å². The Labute approximate surface area is 279 Å². The third kappa shape index (κ3) is 4.12. The summed E-state index contributed by atoms with van der Waals surface area (Å²) in [5.74, 6) is -7.14. The number of ketones is 3. The van der Waals surface area contributed by atoms with Gasteiger partial charge >= 0.3 is 0 Å². The third-order valence-electron chi connectivity index (χ3n) is 11.7. The van der Waals surface area contributed by atoms with Crippen molar-refractivity contribution in [1.82, 2.24) is 0 Å². The molecule has 3 aliphatic carbocycles. The molecule has 6 rings (SSSR count). The van der Waals surface area contributed by atoms with Gasteiger partial charge in [-0.1, -0.05) is 101 Å². The van der Waals surface area contributed by atoms with Gasteiger partial charge in [0.25, 0.3) is 0 Å².